The van der Waals surface area contributed by atoms with Gasteiger partial charge in [-0.05, 0) is 49.3 Å². The summed E-state index contributed by atoms with van der Waals surface area (Å²) in [6, 6.07) is 8.62. The van der Waals surface area contributed by atoms with E-state index >= 15 is 0 Å². The van der Waals surface area contributed by atoms with Crippen LogP contribution in [0.4, 0.5) is 0 Å². The van der Waals surface area contributed by atoms with Crippen LogP contribution in [0.5, 0.6) is 5.75 Å². The van der Waals surface area contributed by atoms with Gasteiger partial charge in [-0.2, -0.15) is 0 Å². The molecule has 2 saturated carbocycles. The Morgan fingerprint density at radius 2 is 1.81 bits per heavy atom. The second-order valence-electron chi connectivity index (χ2n) is 8.27. The fourth-order valence-corrected chi connectivity index (χ4v) is 5.36. The van der Waals surface area contributed by atoms with Crippen LogP contribution in [0, 0.1) is 11.8 Å². The van der Waals surface area contributed by atoms with E-state index in [2.05, 4.69) is 22.3 Å². The third kappa shape index (κ3) is 3.72. The highest BCUT2D eigenvalue weighted by Gasteiger charge is 2.52. The quantitative estimate of drug-likeness (QED) is 0.864. The van der Waals surface area contributed by atoms with Gasteiger partial charge in [0.2, 0.25) is 5.91 Å². The number of hydrogen-bond donors (Lipinski definition) is 1. The molecule has 148 valence electrons. The minimum absolute atomic E-state index is 0.0898. The molecular weight excluding hydrogens is 340 g/mol. The maximum atomic E-state index is 13.0. The van der Waals surface area contributed by atoms with Crippen LogP contribution in [0.2, 0.25) is 0 Å². The van der Waals surface area contributed by atoms with E-state index in [1.165, 1.54) is 31.2 Å². The van der Waals surface area contributed by atoms with Crippen LogP contribution in [-0.4, -0.2) is 56.3 Å². The Morgan fingerprint density at radius 3 is 2.48 bits per heavy atom. The summed E-state index contributed by atoms with van der Waals surface area (Å²) in [4.78, 5) is 15.2. The number of fused-ring (bicyclic) bond motifs is 1. The molecule has 5 heteroatoms. The lowest BCUT2D eigenvalue weighted by molar-refractivity contribution is -0.131. The summed E-state index contributed by atoms with van der Waals surface area (Å²) in [5.41, 5.74) is 1.34. The van der Waals surface area contributed by atoms with Crippen molar-refractivity contribution < 1.29 is 14.3 Å². The van der Waals surface area contributed by atoms with Gasteiger partial charge in [0.1, 0.15) is 5.75 Å². The molecule has 3 fully saturated rings. The van der Waals surface area contributed by atoms with Gasteiger partial charge in [0, 0.05) is 25.0 Å². The van der Waals surface area contributed by atoms with Crippen molar-refractivity contribution in [2.24, 2.45) is 11.8 Å². The van der Waals surface area contributed by atoms with E-state index in [-0.39, 0.29) is 18.0 Å². The van der Waals surface area contributed by atoms with Crippen molar-refractivity contribution in [2.45, 2.75) is 50.6 Å². The number of nitrogens with one attached hydrogen (secondary N) is 1. The standard InChI is InChI=1S/C22H32N2O3/c1-15(24-11-13-27-14-12-24)22(25)23-21-19-6-4-3-5-18(19)20(21)16-7-9-17(26-2)10-8-16/h7-10,15,18-21H,3-6,11-14H2,1-2H3,(H,23,25)/t15?,18?,19?,20-,21-/m0/s1. The first-order valence-electron chi connectivity index (χ1n) is 10.4. The Labute approximate surface area is 162 Å². The smallest absolute Gasteiger partial charge is 0.237 e. The molecule has 1 aromatic carbocycles. The molecule has 1 aromatic rings. The van der Waals surface area contributed by atoms with E-state index in [1.54, 1.807) is 7.11 Å². The predicted molar refractivity (Wildman–Crippen MR) is 105 cm³/mol. The Kier molecular flexibility index (Phi) is 5.69. The summed E-state index contributed by atoms with van der Waals surface area (Å²) in [6.07, 6.45) is 5.14. The Bertz CT molecular complexity index is 641. The molecule has 3 aliphatic rings. The lowest BCUT2D eigenvalue weighted by Crippen LogP contribution is -2.62. The summed E-state index contributed by atoms with van der Waals surface area (Å²) in [6.45, 7) is 5.15. The van der Waals surface area contributed by atoms with Gasteiger partial charge in [0.15, 0.2) is 0 Å². The number of rotatable bonds is 5. The number of ether oxygens (including phenoxy) is 2. The van der Waals surface area contributed by atoms with Crippen molar-refractivity contribution in [3.05, 3.63) is 29.8 Å². The maximum absolute atomic E-state index is 13.0. The summed E-state index contributed by atoms with van der Waals surface area (Å²) in [5.74, 6) is 2.83. The van der Waals surface area contributed by atoms with Crippen LogP contribution in [-0.2, 0) is 9.53 Å². The molecule has 5 nitrogen and oxygen atoms in total. The number of methoxy groups -OCH3 is 1. The van der Waals surface area contributed by atoms with Crippen LogP contribution in [0.1, 0.15) is 44.1 Å². The van der Waals surface area contributed by atoms with Gasteiger partial charge in [-0.15, -0.1) is 0 Å². The minimum Gasteiger partial charge on any atom is -0.497 e. The molecular formula is C22H32N2O3. The second kappa shape index (κ2) is 8.19. The molecule has 1 aliphatic heterocycles. The predicted octanol–water partition coefficient (Wildman–Crippen LogP) is 2.80. The monoisotopic (exact) mass is 372 g/mol. The maximum Gasteiger partial charge on any atom is 0.237 e. The minimum atomic E-state index is -0.0898. The fraction of sp³-hybridized carbons (Fsp3) is 0.682. The highest BCUT2D eigenvalue weighted by Crippen LogP contribution is 2.54. The lowest BCUT2D eigenvalue weighted by Gasteiger charge is -2.55. The number of morpholine rings is 1. The molecule has 0 spiro atoms. The Morgan fingerprint density at radius 1 is 1.15 bits per heavy atom. The number of carbonyl (C=O) groups is 1. The molecule has 1 saturated heterocycles. The van der Waals surface area contributed by atoms with E-state index in [0.717, 1.165) is 32.1 Å². The third-order valence-corrected chi connectivity index (χ3v) is 6.97. The average molecular weight is 373 g/mol. The van der Waals surface area contributed by atoms with E-state index in [4.69, 9.17) is 9.47 Å². The lowest BCUT2D eigenvalue weighted by atomic mass is 9.53. The molecule has 1 N–H and O–H groups in total. The Balaban J connectivity index is 1.47. The van der Waals surface area contributed by atoms with Crippen LogP contribution in [0.15, 0.2) is 24.3 Å². The summed E-state index contributed by atoms with van der Waals surface area (Å²) < 4.78 is 10.7. The second-order valence-corrected chi connectivity index (χ2v) is 8.27. The zero-order chi connectivity index (χ0) is 18.8. The highest BCUT2D eigenvalue weighted by molar-refractivity contribution is 5.82. The SMILES string of the molecule is COc1ccc([C@H]2C3CCCCC3[C@@H]2NC(=O)C(C)N2CCOCC2)cc1. The zero-order valence-corrected chi connectivity index (χ0v) is 16.5. The average Bonchev–Trinajstić information content (AvgIpc) is 2.72. The summed E-state index contributed by atoms with van der Waals surface area (Å²) in [7, 11) is 1.70. The van der Waals surface area contributed by atoms with E-state index in [1.807, 2.05) is 19.1 Å². The van der Waals surface area contributed by atoms with Gasteiger partial charge in [-0.25, -0.2) is 0 Å². The first-order valence-corrected chi connectivity index (χ1v) is 10.4. The molecule has 4 rings (SSSR count). The van der Waals surface area contributed by atoms with Crippen LogP contribution >= 0.6 is 0 Å². The zero-order valence-electron chi connectivity index (χ0n) is 16.5. The number of benzene rings is 1. The van der Waals surface area contributed by atoms with Gasteiger partial charge in [-0.1, -0.05) is 25.0 Å². The molecule has 1 amide bonds. The summed E-state index contributed by atoms with van der Waals surface area (Å²) >= 11 is 0. The van der Waals surface area contributed by atoms with E-state index < -0.39 is 0 Å². The first kappa shape index (κ1) is 18.8. The largest absolute Gasteiger partial charge is 0.497 e. The van der Waals surface area contributed by atoms with Crippen LogP contribution < -0.4 is 10.1 Å². The van der Waals surface area contributed by atoms with Crippen LogP contribution in [0.25, 0.3) is 0 Å². The van der Waals surface area contributed by atoms with Gasteiger partial charge < -0.3 is 14.8 Å². The fourth-order valence-electron chi connectivity index (χ4n) is 5.36. The van der Waals surface area contributed by atoms with Crippen molar-refractivity contribution in [1.82, 2.24) is 10.2 Å². The highest BCUT2D eigenvalue weighted by atomic mass is 16.5. The number of nitrogens with zero attached hydrogens (tertiary/aromatic N) is 1. The topological polar surface area (TPSA) is 50.8 Å². The van der Waals surface area contributed by atoms with E-state index in [9.17, 15) is 4.79 Å². The van der Waals surface area contributed by atoms with Gasteiger partial charge in [0.25, 0.3) is 0 Å². The Hall–Kier alpha value is -1.59. The number of carbonyl (C=O) groups excluding carboxylic acids is 1. The molecule has 2 aliphatic carbocycles. The third-order valence-electron chi connectivity index (χ3n) is 6.97. The normalized spacial score (nSPS) is 32.1. The van der Waals surface area contributed by atoms with Gasteiger partial charge in [-0.3, -0.25) is 9.69 Å². The molecule has 27 heavy (non-hydrogen) atoms. The van der Waals surface area contributed by atoms with Crippen LogP contribution in [0.3, 0.4) is 0 Å². The molecule has 0 radical (unpaired) electrons. The molecule has 0 bridgehead atoms. The molecule has 0 aromatic heterocycles. The van der Waals surface area contributed by atoms with Crippen molar-refractivity contribution in [3.63, 3.8) is 0 Å². The van der Waals surface area contributed by atoms with Crippen molar-refractivity contribution in [2.75, 3.05) is 33.4 Å². The van der Waals surface area contributed by atoms with Gasteiger partial charge in [0.05, 0.1) is 26.4 Å². The van der Waals surface area contributed by atoms with E-state index in [0.29, 0.717) is 17.8 Å². The van der Waals surface area contributed by atoms with Crippen molar-refractivity contribution in [1.29, 1.82) is 0 Å². The van der Waals surface area contributed by atoms with Crippen molar-refractivity contribution in [3.8, 4) is 5.75 Å². The molecule has 3 unspecified atom stereocenters. The van der Waals surface area contributed by atoms with Gasteiger partial charge >= 0.3 is 0 Å². The number of hydrogen-bond acceptors (Lipinski definition) is 4. The van der Waals surface area contributed by atoms with Crippen molar-refractivity contribution >= 4 is 5.91 Å². The molecule has 5 atom stereocenters. The number of amides is 1. The molecule has 1 heterocycles. The first-order chi connectivity index (χ1) is 13.2. The summed E-state index contributed by atoms with van der Waals surface area (Å²) in [5, 5.41) is 3.44.